The normalized spacial score (nSPS) is 21.4. The van der Waals surface area contributed by atoms with Crippen molar-refractivity contribution in [3.05, 3.63) is 32.8 Å². The van der Waals surface area contributed by atoms with Gasteiger partial charge in [0.25, 0.3) is 0 Å². The Labute approximate surface area is 128 Å². The molecular formula is C13H16Cl3NO2. The van der Waals surface area contributed by atoms with Crippen molar-refractivity contribution in [2.45, 2.75) is 19.1 Å². The van der Waals surface area contributed by atoms with E-state index in [0.717, 1.165) is 5.56 Å². The molecule has 1 heterocycles. The predicted molar refractivity (Wildman–Crippen MR) is 78.4 cm³/mol. The van der Waals surface area contributed by atoms with Crippen molar-refractivity contribution in [1.29, 1.82) is 0 Å². The van der Waals surface area contributed by atoms with Gasteiger partial charge in [-0.15, -0.1) is 0 Å². The van der Waals surface area contributed by atoms with Crippen LogP contribution in [0.25, 0.3) is 0 Å². The van der Waals surface area contributed by atoms with Gasteiger partial charge in [0, 0.05) is 12.6 Å². The zero-order chi connectivity index (χ0) is 13.8. The quantitative estimate of drug-likeness (QED) is 0.856. The van der Waals surface area contributed by atoms with E-state index in [4.69, 9.17) is 44.3 Å². The molecule has 0 amide bonds. The molecule has 0 aromatic heterocycles. The summed E-state index contributed by atoms with van der Waals surface area (Å²) in [7, 11) is 0. The van der Waals surface area contributed by atoms with Crippen LogP contribution < -0.4 is 5.32 Å². The molecule has 0 radical (unpaired) electrons. The van der Waals surface area contributed by atoms with E-state index in [2.05, 4.69) is 5.32 Å². The molecule has 1 N–H and O–H groups in total. The van der Waals surface area contributed by atoms with Crippen molar-refractivity contribution in [2.75, 3.05) is 26.4 Å². The fraction of sp³-hybridized carbons (Fsp3) is 0.538. The lowest BCUT2D eigenvalue weighted by molar-refractivity contribution is -0.0869. The SMILES string of the molecule is CC(NCC1COCCO1)c1ccc(Cl)c(Cl)c1Cl. The van der Waals surface area contributed by atoms with E-state index in [0.29, 0.717) is 41.4 Å². The maximum atomic E-state index is 6.20. The molecule has 1 aromatic carbocycles. The Balaban J connectivity index is 1.95. The molecule has 2 atom stereocenters. The Hall–Kier alpha value is -0.0300. The molecule has 3 nitrogen and oxygen atoms in total. The Morgan fingerprint density at radius 2 is 2.05 bits per heavy atom. The Morgan fingerprint density at radius 1 is 1.26 bits per heavy atom. The molecule has 2 unspecified atom stereocenters. The number of nitrogens with one attached hydrogen (secondary N) is 1. The summed E-state index contributed by atoms with van der Waals surface area (Å²) >= 11 is 18.2. The van der Waals surface area contributed by atoms with Gasteiger partial charge >= 0.3 is 0 Å². The van der Waals surface area contributed by atoms with E-state index >= 15 is 0 Å². The van der Waals surface area contributed by atoms with Gasteiger partial charge in [-0.05, 0) is 18.6 Å². The molecule has 0 aliphatic carbocycles. The standard InChI is InChI=1S/C13H16Cl3NO2/c1-8(17-6-9-7-18-4-5-19-9)10-2-3-11(14)13(16)12(10)15/h2-3,8-9,17H,4-7H2,1H3. The highest BCUT2D eigenvalue weighted by Gasteiger charge is 2.18. The summed E-state index contributed by atoms with van der Waals surface area (Å²) in [6, 6.07) is 3.70. The highest BCUT2D eigenvalue weighted by molar-refractivity contribution is 6.48. The molecule has 1 saturated heterocycles. The van der Waals surface area contributed by atoms with Crippen LogP contribution in [0.15, 0.2) is 12.1 Å². The van der Waals surface area contributed by atoms with Crippen LogP contribution >= 0.6 is 34.8 Å². The van der Waals surface area contributed by atoms with Gasteiger partial charge in [0.05, 0.1) is 41.0 Å². The summed E-state index contributed by atoms with van der Waals surface area (Å²) in [5.74, 6) is 0. The first-order valence-electron chi connectivity index (χ1n) is 6.15. The molecule has 0 bridgehead atoms. The van der Waals surface area contributed by atoms with Crippen molar-refractivity contribution in [1.82, 2.24) is 5.32 Å². The Morgan fingerprint density at radius 3 is 2.74 bits per heavy atom. The van der Waals surface area contributed by atoms with E-state index < -0.39 is 0 Å². The van der Waals surface area contributed by atoms with Crippen LogP contribution in [0, 0.1) is 0 Å². The molecule has 0 saturated carbocycles. The van der Waals surface area contributed by atoms with Crippen LogP contribution in [0.4, 0.5) is 0 Å². The van der Waals surface area contributed by atoms with Gasteiger partial charge in [0.15, 0.2) is 0 Å². The molecule has 1 aliphatic heterocycles. The fourth-order valence-electron chi connectivity index (χ4n) is 1.95. The van der Waals surface area contributed by atoms with Crippen LogP contribution in [-0.2, 0) is 9.47 Å². The van der Waals surface area contributed by atoms with Gasteiger partial charge in [-0.25, -0.2) is 0 Å². The van der Waals surface area contributed by atoms with Crippen molar-refractivity contribution in [3.63, 3.8) is 0 Å². The highest BCUT2D eigenvalue weighted by atomic mass is 35.5. The van der Waals surface area contributed by atoms with Crippen LogP contribution in [0.2, 0.25) is 15.1 Å². The van der Waals surface area contributed by atoms with Crippen molar-refractivity contribution < 1.29 is 9.47 Å². The lowest BCUT2D eigenvalue weighted by Crippen LogP contribution is -2.38. The summed E-state index contributed by atoms with van der Waals surface area (Å²) in [5.41, 5.74) is 0.924. The summed E-state index contributed by atoms with van der Waals surface area (Å²) < 4.78 is 10.9. The fourth-order valence-corrected chi connectivity index (χ4v) is 2.65. The second-order valence-corrected chi connectivity index (χ2v) is 5.63. The number of hydrogen-bond acceptors (Lipinski definition) is 3. The number of hydrogen-bond donors (Lipinski definition) is 1. The van der Waals surface area contributed by atoms with Crippen LogP contribution in [0.3, 0.4) is 0 Å². The molecule has 1 fully saturated rings. The summed E-state index contributed by atoms with van der Waals surface area (Å²) in [6.07, 6.45) is 0.0812. The topological polar surface area (TPSA) is 30.5 Å². The maximum absolute atomic E-state index is 6.20. The first kappa shape index (κ1) is 15.4. The molecule has 1 aromatic rings. The third kappa shape index (κ3) is 3.97. The van der Waals surface area contributed by atoms with E-state index in [1.54, 1.807) is 6.07 Å². The minimum absolute atomic E-state index is 0.0628. The Bertz CT molecular complexity index is 436. The third-order valence-corrected chi connectivity index (χ3v) is 4.38. The smallest absolute Gasteiger partial charge is 0.0933 e. The summed E-state index contributed by atoms with van der Waals surface area (Å²) in [6.45, 7) is 4.67. The van der Waals surface area contributed by atoms with Crippen LogP contribution in [-0.4, -0.2) is 32.5 Å². The summed E-state index contributed by atoms with van der Waals surface area (Å²) in [5, 5.41) is 4.72. The van der Waals surface area contributed by atoms with Crippen LogP contribution in [0.1, 0.15) is 18.5 Å². The molecule has 0 spiro atoms. The van der Waals surface area contributed by atoms with E-state index in [1.807, 2.05) is 13.0 Å². The average molecular weight is 325 g/mol. The van der Waals surface area contributed by atoms with Gasteiger partial charge in [-0.1, -0.05) is 40.9 Å². The minimum Gasteiger partial charge on any atom is -0.376 e. The minimum atomic E-state index is 0.0628. The van der Waals surface area contributed by atoms with Gasteiger partial charge in [0.2, 0.25) is 0 Å². The average Bonchev–Trinajstić information content (AvgIpc) is 2.43. The van der Waals surface area contributed by atoms with Crippen molar-refractivity contribution in [3.8, 4) is 0 Å². The van der Waals surface area contributed by atoms with Crippen molar-refractivity contribution in [2.24, 2.45) is 0 Å². The molecule has 1 aliphatic rings. The molecular weight excluding hydrogens is 309 g/mol. The lowest BCUT2D eigenvalue weighted by Gasteiger charge is -2.25. The number of ether oxygens (including phenoxy) is 2. The van der Waals surface area contributed by atoms with Gasteiger partial charge in [-0.3, -0.25) is 0 Å². The molecule has 106 valence electrons. The van der Waals surface area contributed by atoms with Crippen LogP contribution in [0.5, 0.6) is 0 Å². The zero-order valence-electron chi connectivity index (χ0n) is 10.6. The second kappa shape index (κ2) is 7.11. The first-order chi connectivity index (χ1) is 9.09. The lowest BCUT2D eigenvalue weighted by atomic mass is 10.1. The summed E-state index contributed by atoms with van der Waals surface area (Å²) in [4.78, 5) is 0. The van der Waals surface area contributed by atoms with E-state index in [1.165, 1.54) is 0 Å². The monoisotopic (exact) mass is 323 g/mol. The zero-order valence-corrected chi connectivity index (χ0v) is 12.9. The largest absolute Gasteiger partial charge is 0.376 e. The van der Waals surface area contributed by atoms with Crippen molar-refractivity contribution >= 4 is 34.8 Å². The first-order valence-corrected chi connectivity index (χ1v) is 7.29. The Kier molecular flexibility index (Phi) is 5.75. The second-order valence-electron chi connectivity index (χ2n) is 4.46. The number of rotatable bonds is 4. The molecule has 2 rings (SSSR count). The van der Waals surface area contributed by atoms with Gasteiger partial charge in [-0.2, -0.15) is 0 Å². The molecule has 6 heteroatoms. The maximum Gasteiger partial charge on any atom is 0.0933 e. The van der Waals surface area contributed by atoms with E-state index in [-0.39, 0.29) is 12.1 Å². The van der Waals surface area contributed by atoms with Gasteiger partial charge in [0.1, 0.15) is 0 Å². The van der Waals surface area contributed by atoms with Gasteiger partial charge < -0.3 is 14.8 Å². The highest BCUT2D eigenvalue weighted by Crippen LogP contribution is 2.35. The third-order valence-electron chi connectivity index (χ3n) is 3.07. The number of halogens is 3. The number of benzene rings is 1. The molecule has 19 heavy (non-hydrogen) atoms. The van der Waals surface area contributed by atoms with E-state index in [9.17, 15) is 0 Å². The predicted octanol–water partition coefficient (Wildman–Crippen LogP) is 3.71.